The maximum absolute atomic E-state index is 13.3. The number of carbonyl (C=O) groups excluding carboxylic acids is 1. The van der Waals surface area contributed by atoms with Crippen LogP contribution in [-0.2, 0) is 11.3 Å². The molecule has 2 aromatic heterocycles. The van der Waals surface area contributed by atoms with E-state index < -0.39 is 0 Å². The Morgan fingerprint density at radius 2 is 1.93 bits per heavy atom. The quantitative estimate of drug-likeness (QED) is 0.626. The molecule has 3 aromatic rings. The van der Waals surface area contributed by atoms with Crippen LogP contribution in [0.4, 0.5) is 4.39 Å². The summed E-state index contributed by atoms with van der Waals surface area (Å²) >= 11 is 1.58. The molecule has 0 aliphatic carbocycles. The Balaban J connectivity index is 1.31. The third-order valence-electron chi connectivity index (χ3n) is 5.23. The minimum absolute atomic E-state index is 0.0294. The maximum atomic E-state index is 13.3. The Bertz CT molecular complexity index is 950. The first-order valence-corrected chi connectivity index (χ1v) is 10.9. The molecular formula is C22H25FN4O2S. The lowest BCUT2D eigenvalue weighted by atomic mass is 10.1. The van der Waals surface area contributed by atoms with E-state index in [0.29, 0.717) is 6.54 Å². The van der Waals surface area contributed by atoms with Crippen LogP contribution in [0.25, 0.3) is 0 Å². The van der Waals surface area contributed by atoms with E-state index >= 15 is 0 Å². The van der Waals surface area contributed by atoms with E-state index in [0.717, 1.165) is 54.6 Å². The molecule has 1 aromatic carbocycles. The maximum Gasteiger partial charge on any atom is 0.234 e. The summed E-state index contributed by atoms with van der Waals surface area (Å²) in [5.74, 6) is 0.508. The predicted octanol–water partition coefficient (Wildman–Crippen LogP) is 3.21. The van der Waals surface area contributed by atoms with Crippen LogP contribution in [0, 0.1) is 12.7 Å². The Labute approximate surface area is 179 Å². The van der Waals surface area contributed by atoms with Gasteiger partial charge in [-0.2, -0.15) is 0 Å². The highest BCUT2D eigenvalue weighted by atomic mass is 32.1. The van der Waals surface area contributed by atoms with Gasteiger partial charge in [-0.25, -0.2) is 4.39 Å². The summed E-state index contributed by atoms with van der Waals surface area (Å²) in [6.07, 6.45) is 0. The molecule has 0 saturated carbocycles. The van der Waals surface area contributed by atoms with Gasteiger partial charge in [-0.1, -0.05) is 23.4 Å². The molecule has 6 nitrogen and oxygen atoms in total. The number of benzene rings is 1. The number of amides is 1. The Kier molecular flexibility index (Phi) is 6.56. The first-order chi connectivity index (χ1) is 14.6. The van der Waals surface area contributed by atoms with Crippen molar-refractivity contribution in [3.63, 3.8) is 0 Å². The number of hydrogen-bond acceptors (Lipinski definition) is 6. The summed E-state index contributed by atoms with van der Waals surface area (Å²) in [4.78, 5) is 18.3. The Morgan fingerprint density at radius 1 is 1.20 bits per heavy atom. The van der Waals surface area contributed by atoms with Crippen molar-refractivity contribution in [2.45, 2.75) is 19.5 Å². The van der Waals surface area contributed by atoms with Crippen molar-refractivity contribution in [3.05, 3.63) is 75.6 Å². The fourth-order valence-electron chi connectivity index (χ4n) is 3.67. The van der Waals surface area contributed by atoms with Gasteiger partial charge in [-0.3, -0.25) is 14.6 Å². The number of nitrogens with zero attached hydrogens (tertiary/aromatic N) is 3. The topological polar surface area (TPSA) is 61.6 Å². The second kappa shape index (κ2) is 9.51. The van der Waals surface area contributed by atoms with Crippen LogP contribution in [0.5, 0.6) is 0 Å². The van der Waals surface area contributed by atoms with Gasteiger partial charge in [-0.05, 0) is 36.1 Å². The van der Waals surface area contributed by atoms with Crippen LogP contribution in [0.15, 0.2) is 52.4 Å². The number of aromatic nitrogens is 1. The van der Waals surface area contributed by atoms with Gasteiger partial charge in [0.05, 0.1) is 18.3 Å². The van der Waals surface area contributed by atoms with Gasteiger partial charge in [-0.15, -0.1) is 11.3 Å². The number of rotatable bonds is 7. The Hall–Kier alpha value is -2.55. The molecule has 3 heterocycles. The van der Waals surface area contributed by atoms with Gasteiger partial charge in [0.2, 0.25) is 5.91 Å². The first kappa shape index (κ1) is 20.7. The molecule has 30 heavy (non-hydrogen) atoms. The molecule has 1 fully saturated rings. The van der Waals surface area contributed by atoms with E-state index in [4.69, 9.17) is 4.52 Å². The van der Waals surface area contributed by atoms with Crippen molar-refractivity contribution in [2.75, 3.05) is 32.7 Å². The first-order valence-electron chi connectivity index (χ1n) is 10.0. The van der Waals surface area contributed by atoms with E-state index in [1.807, 2.05) is 30.5 Å². The number of nitrogens with one attached hydrogen (secondary N) is 1. The lowest BCUT2D eigenvalue weighted by Gasteiger charge is -2.34. The molecule has 8 heteroatoms. The molecule has 1 amide bonds. The van der Waals surface area contributed by atoms with E-state index in [-0.39, 0.29) is 17.8 Å². The molecule has 0 unspecified atom stereocenters. The zero-order valence-corrected chi connectivity index (χ0v) is 17.7. The number of halogens is 1. The lowest BCUT2D eigenvalue weighted by molar-refractivity contribution is -0.123. The highest BCUT2D eigenvalue weighted by Gasteiger charge is 2.23. The number of thiophene rings is 1. The van der Waals surface area contributed by atoms with Crippen LogP contribution in [0.1, 0.15) is 27.9 Å². The highest BCUT2D eigenvalue weighted by Crippen LogP contribution is 2.26. The molecular weight excluding hydrogens is 403 g/mol. The van der Waals surface area contributed by atoms with Crippen LogP contribution in [0.3, 0.4) is 0 Å². The number of aryl methyl sites for hydroxylation is 1. The van der Waals surface area contributed by atoms with Gasteiger partial charge >= 0.3 is 0 Å². The zero-order valence-electron chi connectivity index (χ0n) is 16.9. The molecule has 1 atom stereocenters. The van der Waals surface area contributed by atoms with Crippen molar-refractivity contribution in [1.29, 1.82) is 0 Å². The summed E-state index contributed by atoms with van der Waals surface area (Å²) in [6, 6.07) is 11.9. The SMILES string of the molecule is Cc1cc(CN2CCN(CC(=O)N[C@@H](c3ccc(F)cc3)c3cccs3)CC2)no1. The van der Waals surface area contributed by atoms with Crippen LogP contribution in [0.2, 0.25) is 0 Å². The van der Waals surface area contributed by atoms with Crippen molar-refractivity contribution in [3.8, 4) is 0 Å². The zero-order chi connectivity index (χ0) is 20.9. The average Bonchev–Trinajstić information content (AvgIpc) is 3.40. The van der Waals surface area contributed by atoms with Gasteiger partial charge in [0, 0.05) is 43.7 Å². The molecule has 158 valence electrons. The monoisotopic (exact) mass is 428 g/mol. The summed E-state index contributed by atoms with van der Waals surface area (Å²) in [6.45, 7) is 6.41. The van der Waals surface area contributed by atoms with E-state index in [1.165, 1.54) is 12.1 Å². The van der Waals surface area contributed by atoms with Gasteiger partial charge in [0.25, 0.3) is 0 Å². The number of piperazine rings is 1. The summed E-state index contributed by atoms with van der Waals surface area (Å²) in [7, 11) is 0. The van der Waals surface area contributed by atoms with Crippen molar-refractivity contribution < 1.29 is 13.7 Å². The number of hydrogen-bond donors (Lipinski definition) is 1. The van der Waals surface area contributed by atoms with Gasteiger partial charge in [0.15, 0.2) is 0 Å². The molecule has 0 radical (unpaired) electrons. The Morgan fingerprint density at radius 3 is 2.57 bits per heavy atom. The summed E-state index contributed by atoms with van der Waals surface area (Å²) < 4.78 is 18.5. The second-order valence-corrected chi connectivity index (χ2v) is 8.53. The van der Waals surface area contributed by atoms with Gasteiger partial charge in [0.1, 0.15) is 11.6 Å². The molecule has 0 bridgehead atoms. The van der Waals surface area contributed by atoms with Gasteiger partial charge < -0.3 is 9.84 Å². The number of carbonyl (C=O) groups is 1. The largest absolute Gasteiger partial charge is 0.361 e. The molecule has 1 aliphatic rings. The van der Waals surface area contributed by atoms with E-state index in [1.54, 1.807) is 23.5 Å². The standard InChI is InChI=1S/C22H25FN4O2S/c1-16-13-19(25-29-16)14-26-8-10-27(11-9-26)15-21(28)24-22(20-3-2-12-30-20)17-4-6-18(23)7-5-17/h2-7,12-13,22H,8-11,14-15H2,1H3,(H,24,28)/t22-/m0/s1. The van der Waals surface area contributed by atoms with E-state index in [2.05, 4.69) is 20.3 Å². The molecule has 1 N–H and O–H groups in total. The van der Waals surface area contributed by atoms with E-state index in [9.17, 15) is 9.18 Å². The molecule has 4 rings (SSSR count). The molecule has 1 saturated heterocycles. The fourth-order valence-corrected chi connectivity index (χ4v) is 4.47. The average molecular weight is 429 g/mol. The second-order valence-electron chi connectivity index (χ2n) is 7.55. The normalized spacial score (nSPS) is 16.5. The highest BCUT2D eigenvalue weighted by molar-refractivity contribution is 7.10. The van der Waals surface area contributed by atoms with Crippen LogP contribution in [-0.4, -0.2) is 53.6 Å². The van der Waals surface area contributed by atoms with Crippen molar-refractivity contribution in [2.24, 2.45) is 0 Å². The summed E-state index contributed by atoms with van der Waals surface area (Å²) in [5.41, 5.74) is 1.82. The smallest absolute Gasteiger partial charge is 0.234 e. The predicted molar refractivity (Wildman–Crippen MR) is 114 cm³/mol. The van der Waals surface area contributed by atoms with Crippen LogP contribution >= 0.6 is 11.3 Å². The molecule has 1 aliphatic heterocycles. The summed E-state index contributed by atoms with van der Waals surface area (Å²) in [5, 5.41) is 9.16. The van der Waals surface area contributed by atoms with Crippen molar-refractivity contribution >= 4 is 17.2 Å². The minimum Gasteiger partial charge on any atom is -0.361 e. The molecule has 0 spiro atoms. The minimum atomic E-state index is -0.284. The lowest BCUT2D eigenvalue weighted by Crippen LogP contribution is -2.49. The van der Waals surface area contributed by atoms with Crippen LogP contribution < -0.4 is 5.32 Å². The fraction of sp³-hybridized carbons (Fsp3) is 0.364. The third kappa shape index (κ3) is 5.33. The van der Waals surface area contributed by atoms with Crippen molar-refractivity contribution in [1.82, 2.24) is 20.3 Å². The third-order valence-corrected chi connectivity index (χ3v) is 6.17.